The predicted molar refractivity (Wildman–Crippen MR) is 139 cm³/mol. The topological polar surface area (TPSA) is 107 Å². The fourth-order valence-corrected chi connectivity index (χ4v) is 3.88. The zero-order chi connectivity index (χ0) is 26.2. The molecule has 4 rings (SSSR count). The van der Waals surface area contributed by atoms with Crippen LogP contribution in [0.4, 0.5) is 0 Å². The minimum absolute atomic E-state index is 0.0540. The van der Waals surface area contributed by atoms with E-state index in [1.807, 2.05) is 65.6 Å². The zero-order valence-corrected chi connectivity index (χ0v) is 20.1. The maximum absolute atomic E-state index is 13.1. The number of hydrogen-bond donors (Lipinski definition) is 3. The molecular formula is C30H27NO6. The molecule has 4 aromatic carbocycles. The number of hydrogen-bond acceptors (Lipinski definition) is 7. The van der Waals surface area contributed by atoms with Crippen LogP contribution in [0.15, 0.2) is 97.1 Å². The summed E-state index contributed by atoms with van der Waals surface area (Å²) in [6, 6.07) is 27.8. The molecule has 0 saturated heterocycles. The lowest BCUT2D eigenvalue weighted by atomic mass is 10.1. The van der Waals surface area contributed by atoms with Gasteiger partial charge >= 0.3 is 0 Å². The molecule has 4 aromatic rings. The Hall–Kier alpha value is -4.62. The standard InChI is InChI=1S/C30H27NO6/c32-25-13-11-24(15-26(25)33)29(36)20-37-30-14-12-23(16-27(30)34)28(35)19-31(17-21-7-3-1-4-8-21)18-22-9-5-2-6-10-22/h1-16,32-34H,17-20H2. The van der Waals surface area contributed by atoms with E-state index in [1.165, 1.54) is 24.3 Å². The van der Waals surface area contributed by atoms with Crippen LogP contribution < -0.4 is 4.74 Å². The van der Waals surface area contributed by atoms with Gasteiger partial charge < -0.3 is 20.1 Å². The van der Waals surface area contributed by atoms with Gasteiger partial charge in [0.25, 0.3) is 0 Å². The quantitative estimate of drug-likeness (QED) is 0.199. The minimum Gasteiger partial charge on any atom is -0.504 e. The summed E-state index contributed by atoms with van der Waals surface area (Å²) in [4.78, 5) is 27.5. The number of nitrogens with zero attached hydrogens (tertiary/aromatic N) is 1. The van der Waals surface area contributed by atoms with Crippen molar-refractivity contribution in [3.63, 3.8) is 0 Å². The van der Waals surface area contributed by atoms with Crippen molar-refractivity contribution in [1.29, 1.82) is 0 Å². The molecule has 188 valence electrons. The Kier molecular flexibility index (Phi) is 8.18. The average molecular weight is 498 g/mol. The lowest BCUT2D eigenvalue weighted by Crippen LogP contribution is -2.29. The Morgan fingerprint density at radius 3 is 1.73 bits per heavy atom. The van der Waals surface area contributed by atoms with E-state index in [0.29, 0.717) is 18.7 Å². The molecule has 3 N–H and O–H groups in total. The van der Waals surface area contributed by atoms with Crippen molar-refractivity contribution >= 4 is 11.6 Å². The normalized spacial score (nSPS) is 10.8. The molecule has 0 aromatic heterocycles. The van der Waals surface area contributed by atoms with Crippen molar-refractivity contribution in [2.75, 3.05) is 13.2 Å². The van der Waals surface area contributed by atoms with Crippen molar-refractivity contribution in [1.82, 2.24) is 4.90 Å². The van der Waals surface area contributed by atoms with E-state index in [2.05, 4.69) is 0 Å². The number of carbonyl (C=O) groups is 2. The Labute approximate surface area is 214 Å². The molecule has 0 atom stereocenters. The third-order valence-electron chi connectivity index (χ3n) is 5.80. The number of phenols is 3. The molecule has 0 aliphatic rings. The molecular weight excluding hydrogens is 470 g/mol. The molecule has 0 heterocycles. The van der Waals surface area contributed by atoms with Crippen LogP contribution in [0.5, 0.6) is 23.0 Å². The van der Waals surface area contributed by atoms with Gasteiger partial charge in [0, 0.05) is 24.2 Å². The van der Waals surface area contributed by atoms with Crippen molar-refractivity contribution in [3.8, 4) is 23.0 Å². The maximum Gasteiger partial charge on any atom is 0.200 e. The van der Waals surface area contributed by atoms with E-state index in [9.17, 15) is 24.9 Å². The molecule has 37 heavy (non-hydrogen) atoms. The molecule has 0 saturated carbocycles. The molecule has 0 aliphatic heterocycles. The monoisotopic (exact) mass is 497 g/mol. The van der Waals surface area contributed by atoms with Gasteiger partial charge in [-0.1, -0.05) is 60.7 Å². The summed E-state index contributed by atoms with van der Waals surface area (Å²) >= 11 is 0. The van der Waals surface area contributed by atoms with Gasteiger partial charge in [-0.3, -0.25) is 14.5 Å². The van der Waals surface area contributed by atoms with Crippen LogP contribution in [0.25, 0.3) is 0 Å². The van der Waals surface area contributed by atoms with Crippen molar-refractivity contribution in [2.45, 2.75) is 13.1 Å². The third kappa shape index (κ3) is 6.96. The number of aromatic hydroxyl groups is 3. The minimum atomic E-state index is -0.452. The van der Waals surface area contributed by atoms with Gasteiger partial charge in [-0.25, -0.2) is 0 Å². The highest BCUT2D eigenvalue weighted by atomic mass is 16.5. The molecule has 0 amide bonds. The second kappa shape index (κ2) is 11.9. The highest BCUT2D eigenvalue weighted by Gasteiger charge is 2.17. The lowest BCUT2D eigenvalue weighted by Gasteiger charge is -2.22. The second-order valence-electron chi connectivity index (χ2n) is 8.64. The van der Waals surface area contributed by atoms with Gasteiger partial charge in [-0.2, -0.15) is 0 Å². The first-order valence-corrected chi connectivity index (χ1v) is 11.7. The fourth-order valence-electron chi connectivity index (χ4n) is 3.88. The summed E-state index contributed by atoms with van der Waals surface area (Å²) in [5, 5.41) is 29.4. The second-order valence-corrected chi connectivity index (χ2v) is 8.64. The molecule has 0 unspecified atom stereocenters. The van der Waals surface area contributed by atoms with E-state index in [0.717, 1.165) is 17.2 Å². The van der Waals surface area contributed by atoms with Crippen molar-refractivity contribution in [3.05, 3.63) is 119 Å². The van der Waals surface area contributed by atoms with Crippen LogP contribution in [0.3, 0.4) is 0 Å². The van der Waals surface area contributed by atoms with Crippen LogP contribution in [0, 0.1) is 0 Å². The SMILES string of the molecule is O=C(COc1ccc(C(=O)CN(Cc2ccccc2)Cc2ccccc2)cc1O)c1ccc(O)c(O)c1. The number of ketones is 2. The summed E-state index contributed by atoms with van der Waals surface area (Å²) in [5.41, 5.74) is 2.65. The molecule has 0 aliphatic carbocycles. The Morgan fingerprint density at radius 1 is 0.622 bits per heavy atom. The van der Waals surface area contributed by atoms with Gasteiger partial charge in [-0.05, 0) is 47.5 Å². The summed E-state index contributed by atoms with van der Waals surface area (Å²) in [5.74, 6) is -1.56. The van der Waals surface area contributed by atoms with Gasteiger partial charge in [-0.15, -0.1) is 0 Å². The first kappa shape index (κ1) is 25.5. The number of Topliss-reactive ketones (excluding diaryl/α,β-unsaturated/α-hetero) is 2. The number of carbonyl (C=O) groups excluding carboxylic acids is 2. The van der Waals surface area contributed by atoms with Gasteiger partial charge in [0.15, 0.2) is 41.2 Å². The fraction of sp³-hybridized carbons (Fsp3) is 0.133. The van der Waals surface area contributed by atoms with Crippen LogP contribution in [0.1, 0.15) is 31.8 Å². The predicted octanol–water partition coefficient (Wildman–Crippen LogP) is 4.95. The average Bonchev–Trinajstić information content (AvgIpc) is 2.90. The highest BCUT2D eigenvalue weighted by Crippen LogP contribution is 2.28. The van der Waals surface area contributed by atoms with Crippen LogP contribution in [0.2, 0.25) is 0 Å². The first-order chi connectivity index (χ1) is 17.9. The molecule has 0 radical (unpaired) electrons. The summed E-state index contributed by atoms with van der Waals surface area (Å²) < 4.78 is 5.43. The molecule has 0 bridgehead atoms. The van der Waals surface area contributed by atoms with Gasteiger partial charge in [0.1, 0.15) is 0 Å². The van der Waals surface area contributed by atoms with Crippen LogP contribution >= 0.6 is 0 Å². The molecule has 0 spiro atoms. The Morgan fingerprint density at radius 2 is 1.16 bits per heavy atom. The lowest BCUT2D eigenvalue weighted by molar-refractivity contribution is 0.0908. The number of benzene rings is 4. The first-order valence-electron chi connectivity index (χ1n) is 11.7. The van der Waals surface area contributed by atoms with E-state index >= 15 is 0 Å². The van der Waals surface area contributed by atoms with E-state index < -0.39 is 18.1 Å². The van der Waals surface area contributed by atoms with Crippen LogP contribution in [-0.4, -0.2) is 44.9 Å². The summed E-state index contributed by atoms with van der Waals surface area (Å²) in [6.07, 6.45) is 0. The Bertz CT molecular complexity index is 1330. The van der Waals surface area contributed by atoms with Gasteiger partial charge in [0.2, 0.25) is 0 Å². The Balaban J connectivity index is 1.42. The summed E-state index contributed by atoms with van der Waals surface area (Å²) in [6.45, 7) is 0.923. The molecule has 0 fully saturated rings. The van der Waals surface area contributed by atoms with Gasteiger partial charge in [0.05, 0.1) is 6.54 Å². The van der Waals surface area contributed by atoms with E-state index in [-0.39, 0.29) is 35.1 Å². The highest BCUT2D eigenvalue weighted by molar-refractivity contribution is 5.99. The largest absolute Gasteiger partial charge is 0.504 e. The maximum atomic E-state index is 13.1. The number of rotatable bonds is 11. The zero-order valence-electron chi connectivity index (χ0n) is 20.1. The van der Waals surface area contributed by atoms with Crippen LogP contribution in [-0.2, 0) is 13.1 Å². The summed E-state index contributed by atoms with van der Waals surface area (Å²) in [7, 11) is 0. The van der Waals surface area contributed by atoms with Crippen molar-refractivity contribution < 1.29 is 29.6 Å². The molecule has 7 nitrogen and oxygen atoms in total. The van der Waals surface area contributed by atoms with Crippen molar-refractivity contribution in [2.24, 2.45) is 0 Å². The van der Waals surface area contributed by atoms with E-state index in [1.54, 1.807) is 6.07 Å². The number of phenolic OH excluding ortho intramolecular Hbond substituents is 3. The number of ether oxygens (including phenoxy) is 1. The third-order valence-corrected chi connectivity index (χ3v) is 5.80. The van der Waals surface area contributed by atoms with E-state index in [4.69, 9.17) is 4.74 Å². The molecule has 7 heteroatoms. The smallest absolute Gasteiger partial charge is 0.200 e.